The van der Waals surface area contributed by atoms with Crippen molar-refractivity contribution in [3.05, 3.63) is 42.0 Å². The minimum absolute atomic E-state index is 0.0510. The molecule has 140 valence electrons. The Balaban J connectivity index is 1.45. The Bertz CT molecular complexity index is 690. The highest BCUT2D eigenvalue weighted by Gasteiger charge is 2.31. The molecule has 0 unspecified atom stereocenters. The van der Waals surface area contributed by atoms with Crippen molar-refractivity contribution in [2.24, 2.45) is 5.41 Å². The molecule has 0 aromatic heterocycles. The van der Waals surface area contributed by atoms with Crippen molar-refractivity contribution in [1.82, 2.24) is 10.2 Å². The molecular weight excluding hydrogens is 328 g/mol. The van der Waals surface area contributed by atoms with Crippen LogP contribution in [0.4, 0.5) is 0 Å². The normalized spacial score (nSPS) is 18.0. The number of piperidine rings is 1. The number of carbonyl (C=O) groups is 2. The zero-order valence-corrected chi connectivity index (χ0v) is 15.6. The van der Waals surface area contributed by atoms with Gasteiger partial charge < -0.3 is 15.0 Å². The second-order valence-electron chi connectivity index (χ2n) is 7.65. The molecule has 1 fully saturated rings. The molecule has 1 saturated heterocycles. The van der Waals surface area contributed by atoms with E-state index in [1.807, 2.05) is 11.0 Å². The lowest BCUT2D eigenvalue weighted by molar-refractivity contribution is -0.133. The summed E-state index contributed by atoms with van der Waals surface area (Å²) in [6.45, 7) is 8.57. The van der Waals surface area contributed by atoms with Gasteiger partial charge in [0.05, 0.1) is 6.61 Å². The molecule has 5 nitrogen and oxygen atoms in total. The van der Waals surface area contributed by atoms with Gasteiger partial charge in [0, 0.05) is 32.5 Å². The van der Waals surface area contributed by atoms with E-state index in [4.69, 9.17) is 4.74 Å². The number of likely N-dealkylation sites (tertiary alicyclic amines) is 1. The lowest BCUT2D eigenvalue weighted by Gasteiger charge is -2.39. The number of nitrogens with one attached hydrogen (secondary N) is 1. The van der Waals surface area contributed by atoms with Gasteiger partial charge in [0.25, 0.3) is 0 Å². The summed E-state index contributed by atoms with van der Waals surface area (Å²) in [7, 11) is 0. The Hall–Kier alpha value is -2.30. The van der Waals surface area contributed by atoms with Crippen molar-refractivity contribution in [2.45, 2.75) is 39.0 Å². The van der Waals surface area contributed by atoms with Crippen molar-refractivity contribution < 1.29 is 14.3 Å². The maximum absolute atomic E-state index is 12.5. The topological polar surface area (TPSA) is 58.6 Å². The monoisotopic (exact) mass is 356 g/mol. The number of hydrogen-bond acceptors (Lipinski definition) is 3. The number of hydrogen-bond donors (Lipinski definition) is 1. The van der Waals surface area contributed by atoms with E-state index in [2.05, 4.69) is 31.0 Å². The Morgan fingerprint density at radius 1 is 1.35 bits per heavy atom. The van der Waals surface area contributed by atoms with E-state index in [-0.39, 0.29) is 17.2 Å². The molecule has 0 radical (unpaired) electrons. The summed E-state index contributed by atoms with van der Waals surface area (Å²) in [6.07, 6.45) is 5.40. The Kier molecular flexibility index (Phi) is 5.64. The van der Waals surface area contributed by atoms with E-state index in [0.29, 0.717) is 13.0 Å². The Labute approximate surface area is 155 Å². The van der Waals surface area contributed by atoms with Crippen molar-refractivity contribution in [3.63, 3.8) is 0 Å². The first-order chi connectivity index (χ1) is 12.5. The van der Waals surface area contributed by atoms with Crippen LogP contribution in [-0.4, -0.2) is 43.0 Å². The Morgan fingerprint density at radius 3 is 2.85 bits per heavy atom. The molecule has 1 aromatic rings. The van der Waals surface area contributed by atoms with Gasteiger partial charge in [-0.3, -0.25) is 9.59 Å². The van der Waals surface area contributed by atoms with E-state index >= 15 is 0 Å². The van der Waals surface area contributed by atoms with Crippen LogP contribution in [0.5, 0.6) is 5.75 Å². The predicted octanol–water partition coefficient (Wildman–Crippen LogP) is 2.49. The first-order valence-corrected chi connectivity index (χ1v) is 9.42. The molecule has 0 saturated carbocycles. The number of nitrogens with zero attached hydrogens (tertiary/aromatic N) is 1. The molecule has 26 heavy (non-hydrogen) atoms. The average Bonchev–Trinajstić information content (AvgIpc) is 3.12. The van der Waals surface area contributed by atoms with E-state index in [9.17, 15) is 9.59 Å². The molecule has 0 atom stereocenters. The lowest BCUT2D eigenvalue weighted by Crippen LogP contribution is -2.46. The number of benzene rings is 1. The van der Waals surface area contributed by atoms with Crippen LogP contribution in [0.15, 0.2) is 30.9 Å². The third-order valence-electron chi connectivity index (χ3n) is 5.58. The quantitative estimate of drug-likeness (QED) is 0.797. The zero-order valence-electron chi connectivity index (χ0n) is 15.6. The number of amides is 2. The number of aryl methyl sites for hydroxylation is 1. The highest BCUT2D eigenvalue weighted by molar-refractivity contribution is 5.86. The fourth-order valence-corrected chi connectivity index (χ4v) is 3.65. The summed E-state index contributed by atoms with van der Waals surface area (Å²) in [5.74, 6) is 1.07. The molecule has 0 bridgehead atoms. The van der Waals surface area contributed by atoms with Crippen LogP contribution >= 0.6 is 0 Å². The average molecular weight is 356 g/mol. The second-order valence-corrected chi connectivity index (χ2v) is 7.65. The molecule has 5 heteroatoms. The van der Waals surface area contributed by atoms with Crippen molar-refractivity contribution >= 4 is 11.8 Å². The fourth-order valence-electron chi connectivity index (χ4n) is 3.65. The van der Waals surface area contributed by atoms with E-state index < -0.39 is 0 Å². The van der Waals surface area contributed by atoms with Gasteiger partial charge in [-0.1, -0.05) is 25.6 Å². The molecular formula is C21H28N2O3. The molecule has 3 rings (SSSR count). The van der Waals surface area contributed by atoms with E-state index in [1.54, 1.807) is 0 Å². The molecule has 0 spiro atoms. The summed E-state index contributed by atoms with van der Waals surface area (Å²) in [6, 6.07) is 6.25. The van der Waals surface area contributed by atoms with Gasteiger partial charge in [0.2, 0.25) is 11.8 Å². The van der Waals surface area contributed by atoms with Crippen molar-refractivity contribution in [1.29, 1.82) is 0 Å². The molecule has 2 amide bonds. The maximum Gasteiger partial charge on any atom is 0.243 e. The van der Waals surface area contributed by atoms with Crippen LogP contribution in [0, 0.1) is 5.41 Å². The van der Waals surface area contributed by atoms with Crippen molar-refractivity contribution in [3.8, 4) is 5.75 Å². The van der Waals surface area contributed by atoms with E-state index in [0.717, 1.165) is 51.1 Å². The molecule has 0 aliphatic carbocycles. The van der Waals surface area contributed by atoms with Crippen LogP contribution < -0.4 is 10.1 Å². The minimum atomic E-state index is -0.135. The van der Waals surface area contributed by atoms with Crippen LogP contribution in [0.3, 0.4) is 0 Å². The maximum atomic E-state index is 12.5. The summed E-state index contributed by atoms with van der Waals surface area (Å²) >= 11 is 0. The van der Waals surface area contributed by atoms with Crippen LogP contribution in [0.1, 0.15) is 37.3 Å². The number of carbonyl (C=O) groups excluding carboxylic acids is 2. The highest BCUT2D eigenvalue weighted by Crippen LogP contribution is 2.31. The van der Waals surface area contributed by atoms with Gasteiger partial charge in [0.1, 0.15) is 5.75 Å². The number of ether oxygens (including phenoxy) is 1. The first-order valence-electron chi connectivity index (χ1n) is 9.42. The lowest BCUT2D eigenvalue weighted by atomic mass is 9.80. The Morgan fingerprint density at radius 2 is 2.12 bits per heavy atom. The number of fused-ring (bicyclic) bond motifs is 1. The van der Waals surface area contributed by atoms with Gasteiger partial charge in [-0.15, -0.1) is 0 Å². The van der Waals surface area contributed by atoms with Gasteiger partial charge in [-0.2, -0.15) is 0 Å². The predicted molar refractivity (Wildman–Crippen MR) is 101 cm³/mol. The number of rotatable bonds is 6. The summed E-state index contributed by atoms with van der Waals surface area (Å²) in [5, 5.41) is 2.88. The molecule has 1 aromatic carbocycles. The third kappa shape index (κ3) is 4.45. The van der Waals surface area contributed by atoms with Gasteiger partial charge in [0.15, 0.2) is 0 Å². The fraction of sp³-hybridized carbons (Fsp3) is 0.524. The summed E-state index contributed by atoms with van der Waals surface area (Å²) in [5.41, 5.74) is 2.51. The van der Waals surface area contributed by atoms with E-state index in [1.165, 1.54) is 17.2 Å². The van der Waals surface area contributed by atoms with Gasteiger partial charge in [-0.05, 0) is 47.9 Å². The second kappa shape index (κ2) is 7.94. The standard InChI is InChI=1S/C21H28N2O3/c1-3-19(24)22-15-21(2)9-11-23(12-10-21)20(25)7-5-16-4-6-18-17(14-16)8-13-26-18/h3-4,6,14H,1,5,7-13,15H2,2H3,(H,22,24). The minimum Gasteiger partial charge on any atom is -0.493 e. The highest BCUT2D eigenvalue weighted by atomic mass is 16.5. The molecule has 2 aliphatic rings. The molecule has 1 N–H and O–H groups in total. The van der Waals surface area contributed by atoms with Crippen LogP contribution in [0.2, 0.25) is 0 Å². The summed E-state index contributed by atoms with van der Waals surface area (Å²) in [4.78, 5) is 25.9. The largest absolute Gasteiger partial charge is 0.493 e. The first kappa shape index (κ1) is 18.5. The smallest absolute Gasteiger partial charge is 0.243 e. The van der Waals surface area contributed by atoms with Crippen molar-refractivity contribution in [2.75, 3.05) is 26.2 Å². The van der Waals surface area contributed by atoms with Gasteiger partial charge in [-0.25, -0.2) is 0 Å². The van der Waals surface area contributed by atoms with Gasteiger partial charge >= 0.3 is 0 Å². The van der Waals surface area contributed by atoms with Crippen LogP contribution in [-0.2, 0) is 22.4 Å². The SMILES string of the molecule is C=CC(=O)NCC1(C)CCN(C(=O)CCc2ccc3c(c2)CCO3)CC1. The third-order valence-corrected chi connectivity index (χ3v) is 5.58. The van der Waals surface area contributed by atoms with Crippen LogP contribution in [0.25, 0.3) is 0 Å². The molecule has 2 aliphatic heterocycles. The summed E-state index contributed by atoms with van der Waals surface area (Å²) < 4.78 is 5.53. The zero-order chi connectivity index (χ0) is 18.6. The molecule has 2 heterocycles.